The fourth-order valence-corrected chi connectivity index (χ4v) is 3.71. The van der Waals surface area contributed by atoms with Crippen molar-refractivity contribution in [1.82, 2.24) is 9.80 Å². The number of thiocarbonyl (C=S) groups is 1. The van der Waals surface area contributed by atoms with Gasteiger partial charge in [0, 0.05) is 13.0 Å². The molecular weight excluding hydrogens is 348 g/mol. The third kappa shape index (κ3) is 5.47. The molecule has 0 saturated carbocycles. The van der Waals surface area contributed by atoms with Crippen LogP contribution in [-0.2, 0) is 16.0 Å². The number of carboxylic acid groups (broad SMARTS) is 2. The second kappa shape index (κ2) is 9.00. The van der Waals surface area contributed by atoms with E-state index in [2.05, 4.69) is 0 Å². The van der Waals surface area contributed by atoms with Crippen molar-refractivity contribution in [3.05, 3.63) is 35.9 Å². The molecule has 2 N–H and O–H groups in total. The topological polar surface area (TPSA) is 81.1 Å². The van der Waals surface area contributed by atoms with Crippen molar-refractivity contribution in [2.45, 2.75) is 25.3 Å². The van der Waals surface area contributed by atoms with Gasteiger partial charge in [-0.15, -0.1) is 0 Å². The standard InChI is InChI=1S/C16H20N2O4S2/c19-14(20)7-6-13(15(21)22)18-10-17(16(23)24-11-18)9-8-12-4-2-1-3-5-12/h1-5,13H,6-11H2,(H,19,20)(H,21,22). The van der Waals surface area contributed by atoms with Gasteiger partial charge >= 0.3 is 11.9 Å². The minimum atomic E-state index is -0.993. The first-order chi connectivity index (χ1) is 11.5. The first-order valence-electron chi connectivity index (χ1n) is 7.61. The van der Waals surface area contributed by atoms with Crippen LogP contribution in [0.2, 0.25) is 0 Å². The van der Waals surface area contributed by atoms with Gasteiger partial charge in [0.2, 0.25) is 0 Å². The predicted molar refractivity (Wildman–Crippen MR) is 96.9 cm³/mol. The maximum atomic E-state index is 11.5. The van der Waals surface area contributed by atoms with Crippen LogP contribution in [0.15, 0.2) is 30.3 Å². The molecule has 1 aliphatic heterocycles. The molecular formula is C16H20N2O4S2. The van der Waals surface area contributed by atoms with Gasteiger partial charge in [0.15, 0.2) is 0 Å². The van der Waals surface area contributed by atoms with E-state index in [1.165, 1.54) is 17.3 Å². The van der Waals surface area contributed by atoms with E-state index in [4.69, 9.17) is 17.3 Å². The van der Waals surface area contributed by atoms with Crippen LogP contribution in [0.3, 0.4) is 0 Å². The summed E-state index contributed by atoms with van der Waals surface area (Å²) in [6.07, 6.45) is 0.749. The number of nitrogens with zero attached hydrogens (tertiary/aromatic N) is 2. The molecule has 0 radical (unpaired) electrons. The zero-order valence-corrected chi connectivity index (χ0v) is 14.8. The van der Waals surface area contributed by atoms with E-state index in [0.717, 1.165) is 10.7 Å². The normalized spacial score (nSPS) is 16.8. The van der Waals surface area contributed by atoms with Crippen LogP contribution in [0.1, 0.15) is 18.4 Å². The Morgan fingerprint density at radius 2 is 1.96 bits per heavy atom. The molecule has 1 unspecified atom stereocenters. The average molecular weight is 368 g/mol. The van der Waals surface area contributed by atoms with Gasteiger partial charge in [-0.2, -0.15) is 0 Å². The van der Waals surface area contributed by atoms with Crippen molar-refractivity contribution in [2.24, 2.45) is 0 Å². The lowest BCUT2D eigenvalue weighted by molar-refractivity contribution is -0.144. The Labute approximate surface area is 150 Å². The Bertz CT molecular complexity index is 597. The highest BCUT2D eigenvalue weighted by atomic mass is 32.2. The first kappa shape index (κ1) is 18.7. The van der Waals surface area contributed by atoms with Crippen LogP contribution in [-0.4, -0.2) is 61.4 Å². The second-order valence-electron chi connectivity index (χ2n) is 5.56. The van der Waals surface area contributed by atoms with E-state index in [9.17, 15) is 14.7 Å². The fraction of sp³-hybridized carbons (Fsp3) is 0.438. The van der Waals surface area contributed by atoms with Crippen molar-refractivity contribution in [2.75, 3.05) is 19.1 Å². The van der Waals surface area contributed by atoms with E-state index in [1.807, 2.05) is 35.2 Å². The van der Waals surface area contributed by atoms with Crippen LogP contribution in [0.5, 0.6) is 0 Å². The Morgan fingerprint density at radius 1 is 1.25 bits per heavy atom. The van der Waals surface area contributed by atoms with Crippen molar-refractivity contribution >= 4 is 40.2 Å². The molecule has 1 aromatic rings. The van der Waals surface area contributed by atoms with Gasteiger partial charge in [0.25, 0.3) is 0 Å². The quantitative estimate of drug-likeness (QED) is 0.675. The summed E-state index contributed by atoms with van der Waals surface area (Å²) >= 11 is 6.80. The highest BCUT2D eigenvalue weighted by Gasteiger charge is 2.31. The second-order valence-corrected chi connectivity index (χ2v) is 7.13. The molecule has 0 spiro atoms. The van der Waals surface area contributed by atoms with Gasteiger partial charge < -0.3 is 15.1 Å². The molecule has 0 aromatic heterocycles. The number of thioether (sulfide) groups is 1. The molecule has 130 valence electrons. The molecule has 1 atom stereocenters. The summed E-state index contributed by atoms with van der Waals surface area (Å²) in [4.78, 5) is 26.0. The van der Waals surface area contributed by atoms with Gasteiger partial charge in [0.1, 0.15) is 10.4 Å². The summed E-state index contributed by atoms with van der Waals surface area (Å²) < 4.78 is 0.754. The lowest BCUT2D eigenvalue weighted by Gasteiger charge is -2.39. The number of aliphatic carboxylic acids is 2. The average Bonchev–Trinajstić information content (AvgIpc) is 2.55. The number of hydrogen-bond donors (Lipinski definition) is 2. The maximum Gasteiger partial charge on any atom is 0.321 e. The molecule has 0 aliphatic carbocycles. The largest absolute Gasteiger partial charge is 0.481 e. The zero-order valence-electron chi connectivity index (χ0n) is 13.1. The van der Waals surface area contributed by atoms with E-state index >= 15 is 0 Å². The zero-order chi connectivity index (χ0) is 17.5. The molecule has 0 amide bonds. The third-order valence-corrected chi connectivity index (χ3v) is 5.41. The highest BCUT2D eigenvalue weighted by molar-refractivity contribution is 8.22. The van der Waals surface area contributed by atoms with Crippen molar-refractivity contribution in [1.29, 1.82) is 0 Å². The Kier molecular flexibility index (Phi) is 7.01. The lowest BCUT2D eigenvalue weighted by Crippen LogP contribution is -2.52. The van der Waals surface area contributed by atoms with Gasteiger partial charge in [0.05, 0.1) is 12.5 Å². The summed E-state index contributed by atoms with van der Waals surface area (Å²) in [6.45, 7) is 1.12. The van der Waals surface area contributed by atoms with Gasteiger partial charge in [-0.25, -0.2) is 0 Å². The Morgan fingerprint density at radius 3 is 2.58 bits per heavy atom. The molecule has 24 heavy (non-hydrogen) atoms. The van der Waals surface area contributed by atoms with E-state index in [1.54, 1.807) is 4.90 Å². The van der Waals surface area contributed by atoms with Crippen molar-refractivity contribution in [3.63, 3.8) is 0 Å². The SMILES string of the molecule is O=C(O)CCC(C(=O)O)N1CSC(=S)N(CCc2ccccc2)C1. The van der Waals surface area contributed by atoms with Crippen LogP contribution < -0.4 is 0 Å². The summed E-state index contributed by atoms with van der Waals surface area (Å²) in [5.74, 6) is -1.51. The van der Waals surface area contributed by atoms with E-state index < -0.39 is 18.0 Å². The summed E-state index contributed by atoms with van der Waals surface area (Å²) in [5, 5.41) is 18.2. The number of carboxylic acids is 2. The molecule has 1 aromatic carbocycles. The number of carbonyl (C=O) groups is 2. The highest BCUT2D eigenvalue weighted by Crippen LogP contribution is 2.23. The summed E-state index contributed by atoms with van der Waals surface area (Å²) in [7, 11) is 0. The fourth-order valence-electron chi connectivity index (χ4n) is 2.53. The molecule has 1 heterocycles. The number of rotatable bonds is 8. The minimum absolute atomic E-state index is 0.0878. The van der Waals surface area contributed by atoms with Gasteiger partial charge in [-0.3, -0.25) is 14.5 Å². The van der Waals surface area contributed by atoms with E-state index in [0.29, 0.717) is 19.1 Å². The molecule has 6 nitrogen and oxygen atoms in total. The molecule has 2 rings (SSSR count). The van der Waals surface area contributed by atoms with Gasteiger partial charge in [-0.1, -0.05) is 54.3 Å². The van der Waals surface area contributed by atoms with Gasteiger partial charge in [-0.05, 0) is 18.4 Å². The summed E-state index contributed by atoms with van der Waals surface area (Å²) in [5.41, 5.74) is 1.20. The molecule has 0 bridgehead atoms. The minimum Gasteiger partial charge on any atom is -0.481 e. The number of benzene rings is 1. The van der Waals surface area contributed by atoms with Crippen LogP contribution in [0.25, 0.3) is 0 Å². The van der Waals surface area contributed by atoms with E-state index in [-0.39, 0.29) is 12.8 Å². The molecule has 8 heteroatoms. The van der Waals surface area contributed by atoms with Crippen molar-refractivity contribution in [3.8, 4) is 0 Å². The maximum absolute atomic E-state index is 11.5. The van der Waals surface area contributed by atoms with Crippen molar-refractivity contribution < 1.29 is 19.8 Å². The Hall–Kier alpha value is -1.64. The molecule has 1 saturated heterocycles. The summed E-state index contributed by atoms with van der Waals surface area (Å²) in [6, 6.07) is 9.22. The predicted octanol–water partition coefficient (Wildman–Crippen LogP) is 2.10. The molecule has 1 fully saturated rings. The molecule has 1 aliphatic rings. The van der Waals surface area contributed by atoms with Crippen LogP contribution >= 0.6 is 24.0 Å². The monoisotopic (exact) mass is 368 g/mol. The first-order valence-corrected chi connectivity index (χ1v) is 9.01. The Balaban J connectivity index is 1.96. The van der Waals surface area contributed by atoms with Crippen LogP contribution in [0, 0.1) is 0 Å². The smallest absolute Gasteiger partial charge is 0.321 e. The number of hydrogen-bond acceptors (Lipinski definition) is 5. The third-order valence-electron chi connectivity index (χ3n) is 3.84. The lowest BCUT2D eigenvalue weighted by atomic mass is 10.1. The van der Waals surface area contributed by atoms with Crippen LogP contribution in [0.4, 0.5) is 0 Å².